The van der Waals surface area contributed by atoms with Gasteiger partial charge >= 0.3 is 5.97 Å². The second-order valence-corrected chi connectivity index (χ2v) is 5.15. The molecule has 0 aliphatic heterocycles. The predicted molar refractivity (Wildman–Crippen MR) is 62.4 cm³/mol. The lowest BCUT2D eigenvalue weighted by Gasteiger charge is -2.21. The highest BCUT2D eigenvalue weighted by molar-refractivity contribution is 7.16. The Morgan fingerprint density at radius 2 is 2.27 bits per heavy atom. The second kappa shape index (κ2) is 5.49. The molecule has 3 nitrogen and oxygen atoms in total. The van der Waals surface area contributed by atoms with E-state index < -0.39 is 0 Å². The van der Waals surface area contributed by atoms with Crippen LogP contribution in [-0.2, 0) is 9.53 Å². The van der Waals surface area contributed by atoms with Crippen LogP contribution in [0.1, 0.15) is 17.3 Å². The minimum Gasteiger partial charge on any atom is -0.469 e. The van der Waals surface area contributed by atoms with Crippen LogP contribution in [-0.4, -0.2) is 32.1 Å². The normalized spacial score (nSPS) is 12.9. The number of hydrogen-bond acceptors (Lipinski definition) is 4. The molecule has 0 saturated carbocycles. The molecule has 1 atom stereocenters. The van der Waals surface area contributed by atoms with E-state index in [1.165, 1.54) is 18.4 Å². The highest BCUT2D eigenvalue weighted by Crippen LogP contribution is 2.31. The number of hydrogen-bond donors (Lipinski definition) is 0. The SMILES string of the molecule is COC(=O)CC(c1ccc(Cl)s1)N(C)C. The standard InChI is InChI=1S/C10H14ClNO2S/c1-12(2)7(6-10(13)14-3)8-4-5-9(11)15-8/h4-5,7H,6H2,1-3H3. The number of rotatable bonds is 4. The Morgan fingerprint density at radius 1 is 1.60 bits per heavy atom. The Morgan fingerprint density at radius 3 is 2.67 bits per heavy atom. The molecule has 0 fully saturated rings. The highest BCUT2D eigenvalue weighted by atomic mass is 35.5. The van der Waals surface area contributed by atoms with Crippen molar-refractivity contribution < 1.29 is 9.53 Å². The van der Waals surface area contributed by atoms with Crippen LogP contribution in [0.4, 0.5) is 0 Å². The van der Waals surface area contributed by atoms with Crippen LogP contribution in [0.5, 0.6) is 0 Å². The van der Waals surface area contributed by atoms with Crippen molar-refractivity contribution in [2.45, 2.75) is 12.5 Å². The van der Waals surface area contributed by atoms with Gasteiger partial charge in [-0.05, 0) is 26.2 Å². The number of esters is 1. The van der Waals surface area contributed by atoms with Gasteiger partial charge in [0, 0.05) is 4.88 Å². The summed E-state index contributed by atoms with van der Waals surface area (Å²) in [7, 11) is 5.26. The summed E-state index contributed by atoms with van der Waals surface area (Å²) >= 11 is 7.36. The molecule has 0 amide bonds. The maximum Gasteiger partial charge on any atom is 0.307 e. The zero-order chi connectivity index (χ0) is 11.4. The second-order valence-electron chi connectivity index (χ2n) is 3.40. The summed E-state index contributed by atoms with van der Waals surface area (Å²) in [5.41, 5.74) is 0. The molecule has 5 heteroatoms. The van der Waals surface area contributed by atoms with Crippen LogP contribution >= 0.6 is 22.9 Å². The van der Waals surface area contributed by atoms with Crippen molar-refractivity contribution in [3.8, 4) is 0 Å². The van der Waals surface area contributed by atoms with Crippen molar-refractivity contribution in [1.29, 1.82) is 0 Å². The van der Waals surface area contributed by atoms with Gasteiger partial charge in [0.15, 0.2) is 0 Å². The van der Waals surface area contributed by atoms with E-state index in [2.05, 4.69) is 4.74 Å². The van der Waals surface area contributed by atoms with E-state index in [4.69, 9.17) is 11.6 Å². The molecular formula is C10H14ClNO2S. The molecule has 0 N–H and O–H groups in total. The van der Waals surface area contributed by atoms with E-state index in [0.717, 1.165) is 9.21 Å². The van der Waals surface area contributed by atoms with Gasteiger partial charge < -0.3 is 9.64 Å². The number of methoxy groups -OCH3 is 1. The molecular weight excluding hydrogens is 234 g/mol. The summed E-state index contributed by atoms with van der Waals surface area (Å²) in [6, 6.07) is 3.82. The Bertz CT molecular complexity index is 338. The summed E-state index contributed by atoms with van der Waals surface area (Å²) in [5, 5.41) is 0. The molecule has 0 bridgehead atoms. The number of nitrogens with zero attached hydrogens (tertiary/aromatic N) is 1. The predicted octanol–water partition coefficient (Wildman–Crippen LogP) is 2.57. The molecule has 1 rings (SSSR count). The third-order valence-electron chi connectivity index (χ3n) is 2.13. The Hall–Kier alpha value is -0.580. The molecule has 0 saturated heterocycles. The Labute approximate surface area is 98.6 Å². The first-order valence-electron chi connectivity index (χ1n) is 4.53. The number of thiophene rings is 1. The fourth-order valence-corrected chi connectivity index (χ4v) is 2.54. The van der Waals surface area contributed by atoms with Crippen LogP contribution in [0.2, 0.25) is 4.34 Å². The Kier molecular flexibility index (Phi) is 4.57. The van der Waals surface area contributed by atoms with Crippen molar-refractivity contribution in [1.82, 2.24) is 4.90 Å². The lowest BCUT2D eigenvalue weighted by Crippen LogP contribution is -2.22. The van der Waals surface area contributed by atoms with Crippen LogP contribution in [0, 0.1) is 0 Å². The molecule has 0 spiro atoms. The molecule has 1 aromatic heterocycles. The molecule has 84 valence electrons. The summed E-state index contributed by atoms with van der Waals surface area (Å²) in [6.07, 6.45) is 0.348. The van der Waals surface area contributed by atoms with Gasteiger partial charge in [-0.2, -0.15) is 0 Å². The first-order chi connectivity index (χ1) is 7.04. The van der Waals surface area contributed by atoms with Gasteiger partial charge in [-0.15, -0.1) is 11.3 Å². The highest BCUT2D eigenvalue weighted by Gasteiger charge is 2.20. The Balaban J connectivity index is 2.79. The average Bonchev–Trinajstić information content (AvgIpc) is 2.60. The summed E-state index contributed by atoms with van der Waals surface area (Å²) in [4.78, 5) is 14.3. The van der Waals surface area contributed by atoms with Gasteiger partial charge in [0.25, 0.3) is 0 Å². The van der Waals surface area contributed by atoms with Gasteiger partial charge in [0.1, 0.15) is 0 Å². The van der Waals surface area contributed by atoms with Crippen molar-refractivity contribution in [2.75, 3.05) is 21.2 Å². The van der Waals surface area contributed by atoms with Crippen LogP contribution in [0.25, 0.3) is 0 Å². The molecule has 1 aromatic rings. The van der Waals surface area contributed by atoms with Crippen molar-refractivity contribution >= 4 is 28.9 Å². The maximum absolute atomic E-state index is 11.2. The minimum absolute atomic E-state index is 0.0370. The number of halogens is 1. The third-order valence-corrected chi connectivity index (χ3v) is 3.47. The van der Waals surface area contributed by atoms with Gasteiger partial charge in [-0.25, -0.2) is 0 Å². The minimum atomic E-state index is -0.210. The van der Waals surface area contributed by atoms with Crippen molar-refractivity contribution in [2.24, 2.45) is 0 Å². The summed E-state index contributed by atoms with van der Waals surface area (Å²) < 4.78 is 5.40. The van der Waals surface area contributed by atoms with E-state index in [0.29, 0.717) is 6.42 Å². The molecule has 0 aromatic carbocycles. The fourth-order valence-electron chi connectivity index (χ4n) is 1.29. The lowest BCUT2D eigenvalue weighted by atomic mass is 10.1. The van der Waals surface area contributed by atoms with Crippen LogP contribution in [0.15, 0.2) is 12.1 Å². The topological polar surface area (TPSA) is 29.5 Å². The first-order valence-corrected chi connectivity index (χ1v) is 5.72. The lowest BCUT2D eigenvalue weighted by molar-refractivity contribution is -0.141. The summed E-state index contributed by atoms with van der Waals surface area (Å²) in [6.45, 7) is 0. The number of carbonyl (C=O) groups is 1. The van der Waals surface area contributed by atoms with Gasteiger partial charge in [-0.1, -0.05) is 11.6 Å². The molecule has 0 aliphatic rings. The van der Waals surface area contributed by atoms with E-state index in [-0.39, 0.29) is 12.0 Å². The van der Waals surface area contributed by atoms with E-state index in [9.17, 15) is 4.79 Å². The zero-order valence-corrected chi connectivity index (χ0v) is 10.6. The van der Waals surface area contributed by atoms with Gasteiger partial charge in [0.2, 0.25) is 0 Å². The van der Waals surface area contributed by atoms with Crippen molar-refractivity contribution in [3.05, 3.63) is 21.3 Å². The number of carbonyl (C=O) groups excluding carboxylic acids is 1. The van der Waals surface area contributed by atoms with Gasteiger partial charge in [-0.3, -0.25) is 4.79 Å². The van der Waals surface area contributed by atoms with Crippen molar-refractivity contribution in [3.63, 3.8) is 0 Å². The third kappa shape index (κ3) is 3.48. The zero-order valence-electron chi connectivity index (χ0n) is 8.99. The first kappa shape index (κ1) is 12.5. The fraction of sp³-hybridized carbons (Fsp3) is 0.500. The molecule has 1 unspecified atom stereocenters. The largest absolute Gasteiger partial charge is 0.469 e. The number of ether oxygens (including phenoxy) is 1. The average molecular weight is 248 g/mol. The monoisotopic (exact) mass is 247 g/mol. The maximum atomic E-state index is 11.2. The molecule has 0 radical (unpaired) electrons. The quantitative estimate of drug-likeness (QED) is 0.766. The summed E-state index contributed by atoms with van der Waals surface area (Å²) in [5.74, 6) is -0.210. The van der Waals surface area contributed by atoms with Crippen LogP contribution < -0.4 is 0 Å². The van der Waals surface area contributed by atoms with Gasteiger partial charge in [0.05, 0.1) is 23.9 Å². The molecule has 15 heavy (non-hydrogen) atoms. The smallest absolute Gasteiger partial charge is 0.307 e. The van der Waals surface area contributed by atoms with Crippen LogP contribution in [0.3, 0.4) is 0 Å². The van der Waals surface area contributed by atoms with E-state index in [1.807, 2.05) is 31.1 Å². The molecule has 1 heterocycles. The van der Waals surface area contributed by atoms with E-state index in [1.54, 1.807) is 0 Å². The van der Waals surface area contributed by atoms with E-state index >= 15 is 0 Å². The molecule has 0 aliphatic carbocycles.